The molecule has 0 unspecified atom stereocenters. The van der Waals surface area contributed by atoms with Crippen LogP contribution in [-0.4, -0.2) is 55.2 Å². The predicted octanol–water partition coefficient (Wildman–Crippen LogP) is -0.136. The fourth-order valence-corrected chi connectivity index (χ4v) is 2.78. The topological polar surface area (TPSA) is 90.6 Å². The molecule has 0 aliphatic carbocycles. The number of carbonyl (C=O) groups is 1. The predicted molar refractivity (Wildman–Crippen MR) is 74.8 cm³/mol. The molecule has 112 valence electrons. The van der Waals surface area contributed by atoms with Crippen LogP contribution in [0.5, 0.6) is 0 Å². The molecule has 7 nitrogen and oxygen atoms in total. The van der Waals surface area contributed by atoms with Gasteiger partial charge in [-0.3, -0.25) is 9.59 Å². The smallest absolute Gasteiger partial charge is 0.247 e. The molecule has 0 spiro atoms. The summed E-state index contributed by atoms with van der Waals surface area (Å²) in [5.74, 6) is -0.259. The zero-order chi connectivity index (χ0) is 15.3. The number of carbonyl (C=O) groups excluding carboxylic acids is 1. The molecule has 1 rings (SSSR count). The van der Waals surface area contributed by atoms with E-state index in [0.717, 1.165) is 16.6 Å². The summed E-state index contributed by atoms with van der Waals surface area (Å²) < 4.78 is 25.4. The maximum atomic E-state index is 12.2. The lowest BCUT2D eigenvalue weighted by Crippen LogP contribution is -2.41. The number of pyridine rings is 1. The van der Waals surface area contributed by atoms with E-state index in [-0.39, 0.29) is 22.9 Å². The summed E-state index contributed by atoms with van der Waals surface area (Å²) in [4.78, 5) is 26.7. The Morgan fingerprint density at radius 1 is 1.25 bits per heavy atom. The Bertz CT molecular complexity index is 599. The maximum Gasteiger partial charge on any atom is 0.247 e. The van der Waals surface area contributed by atoms with Gasteiger partial charge in [0, 0.05) is 32.4 Å². The normalized spacial score (nSPS) is 11.6. The average Bonchev–Trinajstić information content (AvgIpc) is 2.40. The molecule has 0 atom stereocenters. The number of sulfonamides is 1. The number of amides is 1. The van der Waals surface area contributed by atoms with Crippen molar-refractivity contribution in [2.45, 2.75) is 18.7 Å². The zero-order valence-electron chi connectivity index (χ0n) is 11.8. The highest BCUT2D eigenvalue weighted by Gasteiger charge is 2.24. The monoisotopic (exact) mass is 301 g/mol. The molecule has 1 aromatic rings. The van der Waals surface area contributed by atoms with Gasteiger partial charge in [-0.05, 0) is 19.9 Å². The van der Waals surface area contributed by atoms with E-state index in [2.05, 4.69) is 4.98 Å². The molecule has 1 N–H and O–H groups in total. The van der Waals surface area contributed by atoms with E-state index < -0.39 is 10.0 Å². The van der Waals surface area contributed by atoms with Crippen LogP contribution in [0.1, 0.15) is 13.8 Å². The van der Waals surface area contributed by atoms with Gasteiger partial charge in [-0.2, -0.15) is 4.31 Å². The third kappa shape index (κ3) is 3.67. The number of likely N-dealkylation sites (N-methyl/N-ethyl adjacent to an activating group) is 2. The molecule has 20 heavy (non-hydrogen) atoms. The standard InChI is InChI=1S/C12H19N3O4S/c1-4-15(5-2)12(17)9-14(3)20(18,19)10-6-7-11(16)13-8-10/h6-8H,4-5,9H2,1-3H3,(H,13,16). The Kier molecular flexibility index (Phi) is 5.46. The van der Waals surface area contributed by atoms with Gasteiger partial charge in [-0.25, -0.2) is 8.42 Å². The fraction of sp³-hybridized carbons (Fsp3) is 0.500. The second-order valence-electron chi connectivity index (χ2n) is 4.22. The van der Waals surface area contributed by atoms with E-state index in [1.165, 1.54) is 13.1 Å². The first kappa shape index (κ1) is 16.4. The quantitative estimate of drug-likeness (QED) is 0.792. The van der Waals surface area contributed by atoms with Crippen LogP contribution in [0.4, 0.5) is 0 Å². The van der Waals surface area contributed by atoms with E-state index in [9.17, 15) is 18.0 Å². The van der Waals surface area contributed by atoms with Crippen molar-refractivity contribution in [1.29, 1.82) is 0 Å². The SMILES string of the molecule is CCN(CC)C(=O)CN(C)S(=O)(=O)c1ccc(=O)[nH]c1. The molecule has 1 amide bonds. The summed E-state index contributed by atoms with van der Waals surface area (Å²) in [6.07, 6.45) is 1.12. The number of aromatic amines is 1. The maximum absolute atomic E-state index is 12.2. The van der Waals surface area contributed by atoms with Crippen LogP contribution in [0.15, 0.2) is 28.0 Å². The van der Waals surface area contributed by atoms with Crippen molar-refractivity contribution in [2.24, 2.45) is 0 Å². The lowest BCUT2D eigenvalue weighted by Gasteiger charge is -2.22. The van der Waals surface area contributed by atoms with Crippen LogP contribution in [-0.2, 0) is 14.8 Å². The van der Waals surface area contributed by atoms with Gasteiger partial charge in [-0.1, -0.05) is 0 Å². The van der Waals surface area contributed by atoms with Gasteiger partial charge in [0.15, 0.2) is 0 Å². The minimum atomic E-state index is -3.79. The summed E-state index contributed by atoms with van der Waals surface area (Å²) >= 11 is 0. The number of rotatable bonds is 6. The Balaban J connectivity index is 2.90. The minimum Gasteiger partial charge on any atom is -0.342 e. The van der Waals surface area contributed by atoms with Gasteiger partial charge < -0.3 is 9.88 Å². The third-order valence-corrected chi connectivity index (χ3v) is 4.74. The molecule has 0 aliphatic rings. The van der Waals surface area contributed by atoms with Gasteiger partial charge >= 0.3 is 0 Å². The molecule has 0 fully saturated rings. The van der Waals surface area contributed by atoms with Crippen LogP contribution >= 0.6 is 0 Å². The number of nitrogens with zero attached hydrogens (tertiary/aromatic N) is 2. The number of hydrogen-bond acceptors (Lipinski definition) is 4. The molecule has 0 aliphatic heterocycles. The Labute approximate surface area is 118 Å². The van der Waals surface area contributed by atoms with E-state index >= 15 is 0 Å². The number of H-pyrrole nitrogens is 1. The first-order valence-corrected chi connectivity index (χ1v) is 7.69. The number of aromatic nitrogens is 1. The van der Waals surface area contributed by atoms with Gasteiger partial charge in [-0.15, -0.1) is 0 Å². The van der Waals surface area contributed by atoms with Gasteiger partial charge in [0.1, 0.15) is 0 Å². The first-order chi connectivity index (χ1) is 9.32. The highest BCUT2D eigenvalue weighted by molar-refractivity contribution is 7.89. The lowest BCUT2D eigenvalue weighted by atomic mass is 10.4. The largest absolute Gasteiger partial charge is 0.342 e. The van der Waals surface area contributed by atoms with Gasteiger partial charge in [0.2, 0.25) is 21.5 Å². The lowest BCUT2D eigenvalue weighted by molar-refractivity contribution is -0.130. The average molecular weight is 301 g/mol. The molecular formula is C12H19N3O4S. The van der Waals surface area contributed by atoms with Gasteiger partial charge in [0.05, 0.1) is 11.4 Å². The Morgan fingerprint density at radius 3 is 2.30 bits per heavy atom. The summed E-state index contributed by atoms with van der Waals surface area (Å²) in [6.45, 7) is 4.49. The van der Waals surface area contributed by atoms with Crippen LogP contribution in [0.2, 0.25) is 0 Å². The molecular weight excluding hydrogens is 282 g/mol. The van der Waals surface area contributed by atoms with Crippen molar-refractivity contribution in [2.75, 3.05) is 26.7 Å². The van der Waals surface area contributed by atoms with Crippen molar-refractivity contribution in [1.82, 2.24) is 14.2 Å². The van der Waals surface area contributed by atoms with Crippen LogP contribution in [0.3, 0.4) is 0 Å². The van der Waals surface area contributed by atoms with Crippen LogP contribution in [0, 0.1) is 0 Å². The summed E-state index contributed by atoms with van der Waals surface area (Å²) in [5, 5.41) is 0. The summed E-state index contributed by atoms with van der Waals surface area (Å²) in [7, 11) is -2.45. The second kappa shape index (κ2) is 6.67. The summed E-state index contributed by atoms with van der Waals surface area (Å²) in [6, 6.07) is 2.35. The molecule has 0 bridgehead atoms. The van der Waals surface area contributed by atoms with E-state index in [1.807, 2.05) is 13.8 Å². The molecule has 1 aromatic heterocycles. The Hall–Kier alpha value is -1.67. The van der Waals surface area contributed by atoms with Crippen LogP contribution in [0.25, 0.3) is 0 Å². The zero-order valence-corrected chi connectivity index (χ0v) is 12.6. The number of nitrogens with one attached hydrogen (secondary N) is 1. The van der Waals surface area contributed by atoms with Crippen molar-refractivity contribution < 1.29 is 13.2 Å². The second-order valence-corrected chi connectivity index (χ2v) is 6.26. The van der Waals surface area contributed by atoms with E-state index in [1.54, 1.807) is 4.90 Å². The summed E-state index contributed by atoms with van der Waals surface area (Å²) in [5.41, 5.74) is -0.383. The molecule has 0 radical (unpaired) electrons. The highest BCUT2D eigenvalue weighted by atomic mass is 32.2. The molecule has 0 saturated heterocycles. The Morgan fingerprint density at radius 2 is 1.85 bits per heavy atom. The van der Waals surface area contributed by atoms with Gasteiger partial charge in [0.25, 0.3) is 0 Å². The fourth-order valence-electron chi connectivity index (χ4n) is 1.69. The van der Waals surface area contributed by atoms with Crippen LogP contribution < -0.4 is 5.56 Å². The molecule has 8 heteroatoms. The van der Waals surface area contributed by atoms with E-state index in [4.69, 9.17) is 0 Å². The molecule has 0 saturated carbocycles. The van der Waals surface area contributed by atoms with E-state index in [0.29, 0.717) is 13.1 Å². The third-order valence-electron chi connectivity index (χ3n) is 2.94. The van der Waals surface area contributed by atoms with Crippen molar-refractivity contribution in [3.05, 3.63) is 28.7 Å². The first-order valence-electron chi connectivity index (χ1n) is 6.25. The van der Waals surface area contributed by atoms with Crippen molar-refractivity contribution >= 4 is 15.9 Å². The molecule has 0 aromatic carbocycles. The number of hydrogen-bond donors (Lipinski definition) is 1. The minimum absolute atomic E-state index is 0.0491. The van der Waals surface area contributed by atoms with Crippen molar-refractivity contribution in [3.63, 3.8) is 0 Å². The molecule has 1 heterocycles. The van der Waals surface area contributed by atoms with Crippen molar-refractivity contribution in [3.8, 4) is 0 Å². The highest BCUT2D eigenvalue weighted by Crippen LogP contribution is 2.11.